The smallest absolute Gasteiger partial charge is 0.254 e. The number of aromatic nitrogens is 1. The first-order valence-electron chi connectivity index (χ1n) is 12.3. The minimum atomic E-state index is 0.0338. The Balaban J connectivity index is 1.20. The molecule has 5 rings (SSSR count). The molecule has 3 heterocycles. The summed E-state index contributed by atoms with van der Waals surface area (Å²) in [7, 11) is 0. The van der Waals surface area contributed by atoms with E-state index in [0.29, 0.717) is 25.3 Å². The molecule has 0 unspecified atom stereocenters. The van der Waals surface area contributed by atoms with Crippen molar-refractivity contribution in [3.8, 4) is 5.75 Å². The molecule has 1 fully saturated rings. The lowest BCUT2D eigenvalue weighted by Crippen LogP contribution is -2.45. The fourth-order valence-corrected chi connectivity index (χ4v) is 4.75. The van der Waals surface area contributed by atoms with Crippen molar-refractivity contribution >= 4 is 12.0 Å². The summed E-state index contributed by atoms with van der Waals surface area (Å²) < 4.78 is 5.98. The Labute approximate surface area is 207 Å². The molecule has 0 bridgehead atoms. The van der Waals surface area contributed by atoms with E-state index in [1.54, 1.807) is 6.08 Å². The Kier molecular flexibility index (Phi) is 7.21. The van der Waals surface area contributed by atoms with Gasteiger partial charge in [-0.2, -0.15) is 0 Å². The number of amides is 1. The number of rotatable bonds is 6. The molecule has 0 N–H and O–H groups in total. The van der Waals surface area contributed by atoms with E-state index in [1.807, 2.05) is 47.5 Å². The van der Waals surface area contributed by atoms with Crippen LogP contribution in [0.15, 0.2) is 73.4 Å². The molecule has 6 nitrogen and oxygen atoms in total. The van der Waals surface area contributed by atoms with Crippen molar-refractivity contribution in [1.82, 2.24) is 19.7 Å². The topological polar surface area (TPSA) is 48.9 Å². The van der Waals surface area contributed by atoms with Crippen LogP contribution < -0.4 is 4.74 Å². The van der Waals surface area contributed by atoms with Gasteiger partial charge < -0.3 is 9.64 Å². The van der Waals surface area contributed by atoms with Gasteiger partial charge in [0, 0.05) is 63.1 Å². The largest absolute Gasteiger partial charge is 0.491 e. The first-order chi connectivity index (χ1) is 17.2. The number of hydrogen-bond donors (Lipinski definition) is 0. The van der Waals surface area contributed by atoms with Crippen molar-refractivity contribution in [1.29, 1.82) is 0 Å². The molecule has 2 aromatic carbocycles. The number of fused-ring (bicyclic) bond motifs is 1. The fourth-order valence-electron chi connectivity index (χ4n) is 4.75. The fraction of sp³-hybridized carbons (Fsp3) is 0.310. The van der Waals surface area contributed by atoms with Gasteiger partial charge in [-0.25, -0.2) is 0 Å². The first-order valence-corrected chi connectivity index (χ1v) is 12.3. The second-order valence-corrected chi connectivity index (χ2v) is 9.22. The molecule has 0 atom stereocenters. The molecule has 0 aliphatic carbocycles. The second kappa shape index (κ2) is 10.8. The van der Waals surface area contributed by atoms with Gasteiger partial charge in [0.25, 0.3) is 5.91 Å². The van der Waals surface area contributed by atoms with Crippen LogP contribution in [-0.2, 0) is 19.6 Å². The standard InChI is InChI=1S/C29H32N4O2/c1-2-23-6-9-25(10-7-23)29(34)33-17-18-35-28-11-8-24(19-26(28)21-33)20-31-13-15-32(16-14-31)22-27-5-3-4-12-30-27/h2-12,19H,1,13-18,20-22H2. The van der Waals surface area contributed by atoms with Crippen LogP contribution in [0.5, 0.6) is 5.75 Å². The molecule has 1 amide bonds. The Morgan fingerprint density at radius 3 is 2.43 bits per heavy atom. The third-order valence-electron chi connectivity index (χ3n) is 6.77. The molecule has 0 saturated carbocycles. The predicted octanol–water partition coefficient (Wildman–Crippen LogP) is 4.08. The van der Waals surface area contributed by atoms with Crippen LogP contribution in [-0.4, -0.2) is 64.9 Å². The lowest BCUT2D eigenvalue weighted by atomic mass is 10.1. The average Bonchev–Trinajstić information content (AvgIpc) is 3.12. The number of carbonyl (C=O) groups is 1. The van der Waals surface area contributed by atoms with Crippen molar-refractivity contribution < 1.29 is 9.53 Å². The summed E-state index contributed by atoms with van der Waals surface area (Å²) in [6, 6.07) is 20.1. The molecule has 6 heteroatoms. The van der Waals surface area contributed by atoms with Gasteiger partial charge in [0.15, 0.2) is 0 Å². The molecule has 180 valence electrons. The monoisotopic (exact) mass is 468 g/mol. The molecule has 3 aromatic rings. The zero-order valence-electron chi connectivity index (χ0n) is 20.1. The quantitative estimate of drug-likeness (QED) is 0.546. The minimum absolute atomic E-state index is 0.0338. The molecular weight excluding hydrogens is 436 g/mol. The van der Waals surface area contributed by atoms with E-state index >= 15 is 0 Å². The van der Waals surface area contributed by atoms with E-state index in [4.69, 9.17) is 4.74 Å². The van der Waals surface area contributed by atoms with Crippen molar-refractivity contribution in [2.75, 3.05) is 39.3 Å². The molecule has 2 aliphatic rings. The molecule has 0 radical (unpaired) electrons. The van der Waals surface area contributed by atoms with Gasteiger partial charge in [-0.15, -0.1) is 0 Å². The van der Waals surface area contributed by atoms with E-state index in [9.17, 15) is 4.79 Å². The van der Waals surface area contributed by atoms with Crippen molar-refractivity contribution in [3.05, 3.63) is 101 Å². The maximum absolute atomic E-state index is 13.2. The SMILES string of the molecule is C=Cc1ccc(C(=O)N2CCOc3ccc(CN4CCN(Cc5ccccn5)CC4)cc3C2)cc1. The summed E-state index contributed by atoms with van der Waals surface area (Å²) in [4.78, 5) is 24.5. The maximum Gasteiger partial charge on any atom is 0.254 e. The summed E-state index contributed by atoms with van der Waals surface area (Å²) in [5.41, 5.74) is 5.16. The van der Waals surface area contributed by atoms with Crippen molar-refractivity contribution in [2.24, 2.45) is 0 Å². The number of carbonyl (C=O) groups excluding carboxylic acids is 1. The van der Waals surface area contributed by atoms with E-state index in [1.165, 1.54) is 5.56 Å². The number of piperazine rings is 1. The Hall–Kier alpha value is -3.48. The van der Waals surface area contributed by atoms with Crippen LogP contribution in [0.2, 0.25) is 0 Å². The zero-order valence-corrected chi connectivity index (χ0v) is 20.1. The van der Waals surface area contributed by atoms with Gasteiger partial charge in [0.2, 0.25) is 0 Å². The lowest BCUT2D eigenvalue weighted by molar-refractivity contribution is 0.0733. The number of ether oxygens (including phenoxy) is 1. The van der Waals surface area contributed by atoms with Crippen molar-refractivity contribution in [2.45, 2.75) is 19.6 Å². The van der Waals surface area contributed by atoms with Crippen LogP contribution in [0, 0.1) is 0 Å². The van der Waals surface area contributed by atoms with Crippen LogP contribution >= 0.6 is 0 Å². The molecular formula is C29H32N4O2. The highest BCUT2D eigenvalue weighted by molar-refractivity contribution is 5.94. The Bertz CT molecular complexity index is 1160. The molecule has 35 heavy (non-hydrogen) atoms. The van der Waals surface area contributed by atoms with Gasteiger partial charge in [0.05, 0.1) is 12.2 Å². The Morgan fingerprint density at radius 1 is 0.943 bits per heavy atom. The zero-order chi connectivity index (χ0) is 24.0. The summed E-state index contributed by atoms with van der Waals surface area (Å²) in [6.07, 6.45) is 3.65. The van der Waals surface area contributed by atoms with Gasteiger partial charge in [-0.05, 0) is 47.5 Å². The molecule has 1 saturated heterocycles. The molecule has 1 aromatic heterocycles. The van der Waals surface area contributed by atoms with E-state index in [2.05, 4.69) is 45.6 Å². The first kappa shape index (κ1) is 23.3. The van der Waals surface area contributed by atoms with E-state index < -0.39 is 0 Å². The minimum Gasteiger partial charge on any atom is -0.491 e. The van der Waals surface area contributed by atoms with Gasteiger partial charge >= 0.3 is 0 Å². The molecule has 0 spiro atoms. The lowest BCUT2D eigenvalue weighted by Gasteiger charge is -2.34. The highest BCUT2D eigenvalue weighted by Crippen LogP contribution is 2.26. The van der Waals surface area contributed by atoms with Gasteiger partial charge in [-0.1, -0.05) is 36.9 Å². The summed E-state index contributed by atoms with van der Waals surface area (Å²) >= 11 is 0. The average molecular weight is 469 g/mol. The van der Waals surface area contributed by atoms with Crippen LogP contribution in [0.3, 0.4) is 0 Å². The van der Waals surface area contributed by atoms with Crippen LogP contribution in [0.4, 0.5) is 0 Å². The normalized spacial score (nSPS) is 16.7. The highest BCUT2D eigenvalue weighted by atomic mass is 16.5. The predicted molar refractivity (Wildman–Crippen MR) is 138 cm³/mol. The third-order valence-corrected chi connectivity index (χ3v) is 6.77. The van der Waals surface area contributed by atoms with Gasteiger partial charge in [0.1, 0.15) is 12.4 Å². The van der Waals surface area contributed by atoms with E-state index in [-0.39, 0.29) is 5.91 Å². The summed E-state index contributed by atoms with van der Waals surface area (Å²) in [5.74, 6) is 0.915. The van der Waals surface area contributed by atoms with Crippen LogP contribution in [0.25, 0.3) is 6.08 Å². The number of pyridine rings is 1. The third kappa shape index (κ3) is 5.78. The Morgan fingerprint density at radius 2 is 1.71 bits per heavy atom. The van der Waals surface area contributed by atoms with Crippen LogP contribution in [0.1, 0.15) is 32.7 Å². The molecule has 2 aliphatic heterocycles. The second-order valence-electron chi connectivity index (χ2n) is 9.22. The summed E-state index contributed by atoms with van der Waals surface area (Å²) in [5, 5.41) is 0. The van der Waals surface area contributed by atoms with Crippen molar-refractivity contribution in [3.63, 3.8) is 0 Å². The number of nitrogens with zero attached hydrogens (tertiary/aromatic N) is 4. The number of hydrogen-bond acceptors (Lipinski definition) is 5. The van der Waals surface area contributed by atoms with E-state index in [0.717, 1.165) is 61.8 Å². The maximum atomic E-state index is 13.2. The highest BCUT2D eigenvalue weighted by Gasteiger charge is 2.22. The number of benzene rings is 2. The summed E-state index contributed by atoms with van der Waals surface area (Å²) in [6.45, 7) is 11.4. The van der Waals surface area contributed by atoms with Gasteiger partial charge in [-0.3, -0.25) is 19.6 Å².